The standard InChI is InChI=1S/C37H40ClNO3/c38-36-18-15-31(20-32(36)19-27-11-13-28(14-12-27)23-39-33-16-17-33)37-22-34(41-25-30-9-5-2-6-10-30)21-35(42-37)26-40-24-29-7-3-1-4-8-29/h1-15,18,20,33-35,37,39H,16-17,19,21-26H2. The largest absolute Gasteiger partial charge is 0.374 e. The van der Waals surface area contributed by atoms with Gasteiger partial charge in [-0.25, -0.2) is 0 Å². The molecular formula is C37H40ClNO3. The monoisotopic (exact) mass is 581 g/mol. The Balaban J connectivity index is 1.12. The number of benzene rings is 4. The van der Waals surface area contributed by atoms with Gasteiger partial charge in [-0.15, -0.1) is 0 Å². The van der Waals surface area contributed by atoms with E-state index in [-0.39, 0.29) is 18.3 Å². The minimum atomic E-state index is -0.0864. The normalized spacial score (nSPS) is 20.5. The molecule has 0 bridgehead atoms. The summed E-state index contributed by atoms with van der Waals surface area (Å²) < 4.78 is 19.2. The van der Waals surface area contributed by atoms with E-state index in [1.807, 2.05) is 30.3 Å². The van der Waals surface area contributed by atoms with Gasteiger partial charge in [0.2, 0.25) is 0 Å². The SMILES string of the molecule is Clc1ccc(C2CC(OCc3ccccc3)CC(COCc3ccccc3)O2)cc1Cc1ccc(CNC2CC2)cc1. The Morgan fingerprint density at radius 2 is 1.43 bits per heavy atom. The Hall–Kier alpha value is -2.99. The van der Waals surface area contributed by atoms with Gasteiger partial charge in [-0.2, -0.15) is 0 Å². The molecule has 1 aliphatic heterocycles. The van der Waals surface area contributed by atoms with Crippen molar-refractivity contribution >= 4 is 11.6 Å². The second-order valence-corrected chi connectivity index (χ2v) is 12.0. The van der Waals surface area contributed by atoms with Crippen LogP contribution in [0.3, 0.4) is 0 Å². The van der Waals surface area contributed by atoms with Crippen molar-refractivity contribution in [3.63, 3.8) is 0 Å². The first-order valence-electron chi connectivity index (χ1n) is 15.2. The molecule has 4 nitrogen and oxygen atoms in total. The van der Waals surface area contributed by atoms with E-state index in [1.165, 1.54) is 29.5 Å². The fourth-order valence-corrected chi connectivity index (χ4v) is 5.76. The minimum absolute atomic E-state index is 0.0517. The van der Waals surface area contributed by atoms with Gasteiger partial charge >= 0.3 is 0 Å². The Morgan fingerprint density at radius 1 is 0.738 bits per heavy atom. The quantitative estimate of drug-likeness (QED) is 0.173. The first-order valence-corrected chi connectivity index (χ1v) is 15.6. The molecule has 0 aromatic heterocycles. The van der Waals surface area contributed by atoms with Gasteiger partial charge in [-0.3, -0.25) is 0 Å². The lowest BCUT2D eigenvalue weighted by molar-refractivity contribution is -0.142. The first kappa shape index (κ1) is 29.1. The first-order chi connectivity index (χ1) is 20.7. The molecule has 4 aromatic carbocycles. The summed E-state index contributed by atoms with van der Waals surface area (Å²) in [6, 6.07) is 36.6. The van der Waals surface area contributed by atoms with Crippen molar-refractivity contribution in [2.45, 2.75) is 76.2 Å². The third-order valence-electron chi connectivity index (χ3n) is 8.13. The molecule has 2 fully saturated rings. The molecule has 218 valence electrons. The van der Waals surface area contributed by atoms with Gasteiger partial charge in [0.15, 0.2) is 0 Å². The molecule has 1 N–H and O–H groups in total. The highest BCUT2D eigenvalue weighted by molar-refractivity contribution is 6.31. The molecule has 0 spiro atoms. The fraction of sp³-hybridized carbons (Fsp3) is 0.351. The molecule has 5 heteroatoms. The van der Waals surface area contributed by atoms with Crippen molar-refractivity contribution < 1.29 is 14.2 Å². The number of hydrogen-bond donors (Lipinski definition) is 1. The van der Waals surface area contributed by atoms with Gasteiger partial charge in [-0.1, -0.05) is 109 Å². The summed E-state index contributed by atoms with van der Waals surface area (Å²) in [4.78, 5) is 0. The van der Waals surface area contributed by atoms with Crippen LogP contribution in [-0.2, 0) is 40.4 Å². The summed E-state index contributed by atoms with van der Waals surface area (Å²) in [6.45, 7) is 2.62. The lowest BCUT2D eigenvalue weighted by Gasteiger charge is -2.36. The molecule has 1 saturated heterocycles. The van der Waals surface area contributed by atoms with Crippen LogP contribution in [0.2, 0.25) is 5.02 Å². The Kier molecular flexibility index (Phi) is 10.0. The predicted molar refractivity (Wildman–Crippen MR) is 169 cm³/mol. The van der Waals surface area contributed by atoms with Crippen LogP contribution in [-0.4, -0.2) is 24.9 Å². The van der Waals surface area contributed by atoms with Crippen molar-refractivity contribution in [1.82, 2.24) is 5.32 Å². The lowest BCUT2D eigenvalue weighted by atomic mass is 9.93. The average Bonchev–Trinajstić information content (AvgIpc) is 3.87. The van der Waals surface area contributed by atoms with Crippen molar-refractivity contribution in [2.75, 3.05) is 6.61 Å². The molecule has 1 saturated carbocycles. The molecule has 0 radical (unpaired) electrons. The lowest BCUT2D eigenvalue weighted by Crippen LogP contribution is -2.35. The molecule has 6 rings (SSSR count). The van der Waals surface area contributed by atoms with Gasteiger partial charge in [-0.05, 0) is 58.7 Å². The summed E-state index contributed by atoms with van der Waals surface area (Å²) in [5.41, 5.74) is 7.18. The van der Waals surface area contributed by atoms with Gasteiger partial charge < -0.3 is 19.5 Å². The van der Waals surface area contributed by atoms with Crippen molar-refractivity contribution in [2.24, 2.45) is 0 Å². The summed E-state index contributed by atoms with van der Waals surface area (Å²) in [7, 11) is 0. The Morgan fingerprint density at radius 3 is 2.14 bits per heavy atom. The van der Waals surface area contributed by atoms with E-state index in [9.17, 15) is 0 Å². The smallest absolute Gasteiger partial charge is 0.0854 e. The zero-order valence-electron chi connectivity index (χ0n) is 24.1. The highest BCUT2D eigenvalue weighted by atomic mass is 35.5. The van der Waals surface area contributed by atoms with E-state index < -0.39 is 0 Å². The van der Waals surface area contributed by atoms with Crippen LogP contribution in [0.25, 0.3) is 0 Å². The van der Waals surface area contributed by atoms with Crippen LogP contribution in [0.4, 0.5) is 0 Å². The van der Waals surface area contributed by atoms with Gasteiger partial charge in [0.1, 0.15) is 0 Å². The summed E-state index contributed by atoms with van der Waals surface area (Å²) >= 11 is 6.71. The van der Waals surface area contributed by atoms with Crippen molar-refractivity contribution in [1.29, 1.82) is 0 Å². The molecule has 1 heterocycles. The number of nitrogens with one attached hydrogen (secondary N) is 1. The van der Waals surface area contributed by atoms with E-state index in [4.69, 9.17) is 25.8 Å². The van der Waals surface area contributed by atoms with Gasteiger partial charge in [0.05, 0.1) is 38.1 Å². The van der Waals surface area contributed by atoms with Crippen LogP contribution in [0.1, 0.15) is 65.2 Å². The van der Waals surface area contributed by atoms with Crippen LogP contribution in [0.15, 0.2) is 103 Å². The van der Waals surface area contributed by atoms with Gasteiger partial charge in [0, 0.05) is 30.5 Å². The topological polar surface area (TPSA) is 39.7 Å². The maximum absolute atomic E-state index is 6.71. The van der Waals surface area contributed by atoms with E-state index >= 15 is 0 Å². The highest BCUT2D eigenvalue weighted by Gasteiger charge is 2.31. The summed E-state index contributed by atoms with van der Waals surface area (Å²) in [6.07, 6.45) is 4.93. The molecule has 1 aliphatic carbocycles. The maximum atomic E-state index is 6.71. The van der Waals surface area contributed by atoms with Crippen molar-refractivity contribution in [3.8, 4) is 0 Å². The number of ether oxygens (including phenoxy) is 3. The molecule has 42 heavy (non-hydrogen) atoms. The Labute approximate surface area is 255 Å². The second-order valence-electron chi connectivity index (χ2n) is 11.6. The molecule has 3 unspecified atom stereocenters. The summed E-state index contributed by atoms with van der Waals surface area (Å²) in [5, 5.41) is 4.37. The summed E-state index contributed by atoms with van der Waals surface area (Å²) in [5.74, 6) is 0. The number of hydrogen-bond acceptors (Lipinski definition) is 4. The molecule has 3 atom stereocenters. The van der Waals surface area contributed by atoms with Crippen LogP contribution >= 0.6 is 11.6 Å². The zero-order chi connectivity index (χ0) is 28.6. The highest BCUT2D eigenvalue weighted by Crippen LogP contribution is 2.35. The second kappa shape index (κ2) is 14.5. The average molecular weight is 582 g/mol. The molecule has 2 aliphatic rings. The number of rotatable bonds is 13. The Bertz CT molecular complexity index is 1390. The molecule has 0 amide bonds. The fourth-order valence-electron chi connectivity index (χ4n) is 5.58. The maximum Gasteiger partial charge on any atom is 0.0854 e. The van der Waals surface area contributed by atoms with Crippen LogP contribution in [0.5, 0.6) is 0 Å². The van der Waals surface area contributed by atoms with E-state index in [2.05, 4.69) is 78.1 Å². The third kappa shape index (κ3) is 8.53. The van der Waals surface area contributed by atoms with E-state index in [1.54, 1.807) is 0 Å². The molecule has 4 aromatic rings. The third-order valence-corrected chi connectivity index (χ3v) is 8.50. The van der Waals surface area contributed by atoms with E-state index in [0.29, 0.717) is 25.9 Å². The molecular weight excluding hydrogens is 542 g/mol. The minimum Gasteiger partial charge on any atom is -0.374 e. The van der Waals surface area contributed by atoms with Gasteiger partial charge in [0.25, 0.3) is 0 Å². The van der Waals surface area contributed by atoms with Crippen LogP contribution in [0, 0.1) is 0 Å². The van der Waals surface area contributed by atoms with E-state index in [0.717, 1.165) is 47.5 Å². The van der Waals surface area contributed by atoms with Crippen molar-refractivity contribution in [3.05, 3.63) is 142 Å². The van der Waals surface area contributed by atoms with Crippen LogP contribution < -0.4 is 5.32 Å². The zero-order valence-corrected chi connectivity index (χ0v) is 24.8. The predicted octanol–water partition coefficient (Wildman–Crippen LogP) is 8.21. The number of halogens is 1.